The quantitative estimate of drug-likeness (QED) is 0.848. The number of ether oxygens (including phenoxy) is 1. The molecule has 0 amide bonds. The van der Waals surface area contributed by atoms with Gasteiger partial charge in [-0.25, -0.2) is 0 Å². The lowest BCUT2D eigenvalue weighted by molar-refractivity contribution is 0.414. The van der Waals surface area contributed by atoms with Gasteiger partial charge in [-0.3, -0.25) is 0 Å². The maximum Gasteiger partial charge on any atom is 0.122 e. The van der Waals surface area contributed by atoms with E-state index >= 15 is 0 Å². The average Bonchev–Trinajstić information content (AvgIpc) is 2.81. The van der Waals surface area contributed by atoms with Crippen LogP contribution >= 0.6 is 0 Å². The Morgan fingerprint density at radius 2 is 2.11 bits per heavy atom. The minimum absolute atomic E-state index is 0.591. The fourth-order valence-corrected chi connectivity index (χ4v) is 2.22. The van der Waals surface area contributed by atoms with E-state index in [2.05, 4.69) is 35.0 Å². The molecule has 98 valence electrons. The van der Waals surface area contributed by atoms with Gasteiger partial charge in [0.2, 0.25) is 0 Å². The number of methoxy groups -OCH3 is 1. The van der Waals surface area contributed by atoms with Crippen LogP contribution in [0.2, 0.25) is 0 Å². The zero-order valence-electron chi connectivity index (χ0n) is 11.4. The first-order valence-corrected chi connectivity index (χ1v) is 6.55. The summed E-state index contributed by atoms with van der Waals surface area (Å²) in [5, 5.41) is 3.28. The molecule has 3 heteroatoms. The number of nitrogens with zero attached hydrogens (tertiary/aromatic N) is 1. The third kappa shape index (κ3) is 2.85. The number of rotatable bonds is 6. The molecule has 2 heterocycles. The minimum atomic E-state index is 0.591. The minimum Gasteiger partial charge on any atom is -0.497 e. The molecule has 0 aliphatic heterocycles. The van der Waals surface area contributed by atoms with Gasteiger partial charge in [0.15, 0.2) is 0 Å². The molecule has 0 saturated carbocycles. The Kier molecular flexibility index (Phi) is 4.26. The zero-order valence-corrected chi connectivity index (χ0v) is 11.4. The summed E-state index contributed by atoms with van der Waals surface area (Å²) in [6, 6.07) is 6.89. The fraction of sp³-hybridized carbons (Fsp3) is 0.467. The second-order valence-electron chi connectivity index (χ2n) is 4.78. The Morgan fingerprint density at radius 3 is 2.83 bits per heavy atom. The van der Waals surface area contributed by atoms with Crippen LogP contribution in [0.15, 0.2) is 30.6 Å². The van der Waals surface area contributed by atoms with Crippen LogP contribution in [0.5, 0.6) is 5.75 Å². The van der Waals surface area contributed by atoms with Gasteiger partial charge >= 0.3 is 0 Å². The predicted molar refractivity (Wildman–Crippen MR) is 75.4 cm³/mol. The molecule has 3 nitrogen and oxygen atoms in total. The number of hydrogen-bond acceptors (Lipinski definition) is 2. The summed E-state index contributed by atoms with van der Waals surface area (Å²) in [6.07, 6.45) is 7.70. The highest BCUT2D eigenvalue weighted by Gasteiger charge is 2.05. The molecule has 0 radical (unpaired) electrons. The molecule has 1 N–H and O–H groups in total. The summed E-state index contributed by atoms with van der Waals surface area (Å²) in [5.41, 5.74) is 2.66. The number of hydrogen-bond donors (Lipinski definition) is 1. The summed E-state index contributed by atoms with van der Waals surface area (Å²) in [7, 11) is 3.73. The highest BCUT2D eigenvalue weighted by atomic mass is 16.5. The molecule has 0 bridgehead atoms. The Labute approximate surface area is 109 Å². The lowest BCUT2D eigenvalue weighted by atomic mass is 10.1. The van der Waals surface area contributed by atoms with Crippen molar-refractivity contribution < 1.29 is 4.74 Å². The Balaban J connectivity index is 2.08. The van der Waals surface area contributed by atoms with Crippen molar-refractivity contribution in [2.75, 3.05) is 14.2 Å². The number of aromatic nitrogens is 1. The van der Waals surface area contributed by atoms with Crippen molar-refractivity contribution in [3.63, 3.8) is 0 Å². The average molecular weight is 246 g/mol. The highest BCUT2D eigenvalue weighted by Crippen LogP contribution is 2.20. The summed E-state index contributed by atoms with van der Waals surface area (Å²) >= 11 is 0. The Hall–Kier alpha value is -1.48. The van der Waals surface area contributed by atoms with Gasteiger partial charge in [-0.15, -0.1) is 0 Å². The van der Waals surface area contributed by atoms with E-state index in [-0.39, 0.29) is 0 Å². The second-order valence-corrected chi connectivity index (χ2v) is 4.78. The van der Waals surface area contributed by atoms with Crippen molar-refractivity contribution in [1.29, 1.82) is 0 Å². The van der Waals surface area contributed by atoms with Crippen LogP contribution in [-0.4, -0.2) is 24.6 Å². The summed E-state index contributed by atoms with van der Waals surface area (Å²) in [4.78, 5) is 0. The maximum atomic E-state index is 5.28. The van der Waals surface area contributed by atoms with Crippen LogP contribution < -0.4 is 10.1 Å². The molecular weight excluding hydrogens is 224 g/mol. The van der Waals surface area contributed by atoms with Crippen molar-refractivity contribution in [3.8, 4) is 5.75 Å². The third-order valence-corrected chi connectivity index (χ3v) is 3.53. The topological polar surface area (TPSA) is 25.7 Å². The first-order chi connectivity index (χ1) is 8.74. The predicted octanol–water partition coefficient (Wildman–Crippen LogP) is 2.88. The molecule has 0 aliphatic carbocycles. The normalized spacial score (nSPS) is 12.8. The molecule has 0 aromatic carbocycles. The number of aryl methyl sites for hydroxylation is 1. The van der Waals surface area contributed by atoms with Crippen LogP contribution in [-0.2, 0) is 6.42 Å². The molecule has 0 aliphatic rings. The first kappa shape index (κ1) is 13.0. The SMILES string of the molecule is CNC(C)CCCc1ccn2ccc(OC)cc12. The molecule has 2 rings (SSSR count). The van der Waals surface area contributed by atoms with Crippen molar-refractivity contribution in [2.24, 2.45) is 0 Å². The smallest absolute Gasteiger partial charge is 0.122 e. The third-order valence-electron chi connectivity index (χ3n) is 3.53. The van der Waals surface area contributed by atoms with E-state index in [1.807, 2.05) is 19.3 Å². The van der Waals surface area contributed by atoms with Gasteiger partial charge in [0, 0.05) is 24.5 Å². The molecule has 18 heavy (non-hydrogen) atoms. The monoisotopic (exact) mass is 246 g/mol. The van der Waals surface area contributed by atoms with E-state index in [9.17, 15) is 0 Å². The number of fused-ring (bicyclic) bond motifs is 1. The van der Waals surface area contributed by atoms with Gasteiger partial charge in [-0.2, -0.15) is 0 Å². The van der Waals surface area contributed by atoms with E-state index in [1.54, 1.807) is 7.11 Å². The lowest BCUT2D eigenvalue weighted by Gasteiger charge is -2.09. The maximum absolute atomic E-state index is 5.28. The lowest BCUT2D eigenvalue weighted by Crippen LogP contribution is -2.20. The zero-order chi connectivity index (χ0) is 13.0. The van der Waals surface area contributed by atoms with E-state index in [0.29, 0.717) is 6.04 Å². The van der Waals surface area contributed by atoms with Crippen molar-refractivity contribution >= 4 is 5.52 Å². The summed E-state index contributed by atoms with van der Waals surface area (Å²) in [6.45, 7) is 2.22. The molecule has 1 atom stereocenters. The largest absolute Gasteiger partial charge is 0.497 e. The molecule has 0 spiro atoms. The molecule has 2 aromatic rings. The van der Waals surface area contributed by atoms with Gasteiger partial charge in [0.05, 0.1) is 12.6 Å². The second kappa shape index (κ2) is 5.91. The van der Waals surface area contributed by atoms with Gasteiger partial charge in [0.25, 0.3) is 0 Å². The fourth-order valence-electron chi connectivity index (χ4n) is 2.22. The van der Waals surface area contributed by atoms with Crippen LogP contribution in [0.3, 0.4) is 0 Å². The molecule has 2 aromatic heterocycles. The number of pyridine rings is 1. The van der Waals surface area contributed by atoms with Crippen LogP contribution in [0.1, 0.15) is 25.3 Å². The standard InChI is InChI=1S/C15H22N2O/c1-12(16-2)5-4-6-13-7-9-17-10-8-14(18-3)11-15(13)17/h7-12,16H,4-6H2,1-3H3. The Morgan fingerprint density at radius 1 is 1.33 bits per heavy atom. The van der Waals surface area contributed by atoms with E-state index in [4.69, 9.17) is 4.74 Å². The molecule has 1 unspecified atom stereocenters. The van der Waals surface area contributed by atoms with Gasteiger partial charge < -0.3 is 14.5 Å². The highest BCUT2D eigenvalue weighted by molar-refractivity contribution is 5.58. The van der Waals surface area contributed by atoms with E-state index in [1.165, 1.54) is 23.9 Å². The first-order valence-electron chi connectivity index (χ1n) is 6.55. The van der Waals surface area contributed by atoms with Gasteiger partial charge in [-0.05, 0) is 50.9 Å². The number of nitrogens with one attached hydrogen (secondary N) is 1. The molecule has 0 saturated heterocycles. The van der Waals surface area contributed by atoms with Gasteiger partial charge in [-0.1, -0.05) is 0 Å². The summed E-state index contributed by atoms with van der Waals surface area (Å²) < 4.78 is 7.44. The van der Waals surface area contributed by atoms with Crippen molar-refractivity contribution in [3.05, 3.63) is 36.2 Å². The van der Waals surface area contributed by atoms with Crippen molar-refractivity contribution in [2.45, 2.75) is 32.2 Å². The van der Waals surface area contributed by atoms with Gasteiger partial charge in [0.1, 0.15) is 5.75 Å². The molecular formula is C15H22N2O. The van der Waals surface area contributed by atoms with Crippen molar-refractivity contribution in [1.82, 2.24) is 9.72 Å². The Bertz CT molecular complexity index is 504. The van der Waals surface area contributed by atoms with Crippen LogP contribution in [0, 0.1) is 0 Å². The van der Waals surface area contributed by atoms with Crippen LogP contribution in [0.25, 0.3) is 5.52 Å². The summed E-state index contributed by atoms with van der Waals surface area (Å²) in [5.74, 6) is 0.922. The van der Waals surface area contributed by atoms with Crippen LogP contribution in [0.4, 0.5) is 0 Å². The van der Waals surface area contributed by atoms with E-state index in [0.717, 1.165) is 12.2 Å². The van der Waals surface area contributed by atoms with E-state index < -0.39 is 0 Å². The molecule has 0 fully saturated rings.